The van der Waals surface area contributed by atoms with Crippen molar-refractivity contribution in [3.8, 4) is 5.88 Å². The Morgan fingerprint density at radius 2 is 1.65 bits per heavy atom. The fourth-order valence-electron chi connectivity index (χ4n) is 1.52. The Bertz CT molecular complexity index is 790. The van der Waals surface area contributed by atoms with E-state index in [1.54, 1.807) is 0 Å². The van der Waals surface area contributed by atoms with Crippen molar-refractivity contribution in [1.82, 2.24) is 9.13 Å². The van der Waals surface area contributed by atoms with Crippen LogP contribution in [0.1, 0.15) is 0 Å². The van der Waals surface area contributed by atoms with E-state index in [0.717, 1.165) is 9.13 Å². The molecule has 0 amide bonds. The number of halogens is 1. The van der Waals surface area contributed by atoms with Gasteiger partial charge in [0.1, 0.15) is 5.82 Å². The third-order valence-corrected chi connectivity index (χ3v) is 2.70. The van der Waals surface area contributed by atoms with Gasteiger partial charge >= 0.3 is 5.69 Å². The van der Waals surface area contributed by atoms with E-state index in [9.17, 15) is 19.1 Å². The fraction of sp³-hybridized carbons (Fsp3) is 0.167. The highest BCUT2D eigenvalue weighted by Gasteiger charge is 2.14. The lowest BCUT2D eigenvalue weighted by Gasteiger charge is -2.05. The van der Waals surface area contributed by atoms with Crippen LogP contribution in [-0.4, -0.2) is 14.2 Å². The summed E-state index contributed by atoms with van der Waals surface area (Å²) in [5.41, 5.74) is -1.50. The molecule has 0 atom stereocenters. The van der Waals surface area contributed by atoms with Gasteiger partial charge in [-0.05, 0) is 24.3 Å². The molecule has 1 aromatic heterocycles. The molecular formula is C12H11FN4O3. The minimum absolute atomic E-state index is 0.307. The highest BCUT2D eigenvalue weighted by molar-refractivity contribution is 5.45. The summed E-state index contributed by atoms with van der Waals surface area (Å²) in [4.78, 5) is 23.3. The molecule has 2 aromatic rings. The van der Waals surface area contributed by atoms with Crippen LogP contribution in [0.25, 0.3) is 0 Å². The number of azo groups is 1. The summed E-state index contributed by atoms with van der Waals surface area (Å²) in [6.07, 6.45) is 0. The van der Waals surface area contributed by atoms with E-state index in [1.165, 1.54) is 38.4 Å². The van der Waals surface area contributed by atoms with E-state index >= 15 is 0 Å². The van der Waals surface area contributed by atoms with Crippen LogP contribution in [0.5, 0.6) is 5.88 Å². The highest BCUT2D eigenvalue weighted by Crippen LogP contribution is 2.22. The maximum Gasteiger partial charge on any atom is 0.333 e. The van der Waals surface area contributed by atoms with Gasteiger partial charge in [0.05, 0.1) is 5.69 Å². The Labute approximate surface area is 112 Å². The van der Waals surface area contributed by atoms with Gasteiger partial charge in [-0.2, -0.15) is 5.11 Å². The van der Waals surface area contributed by atoms with Gasteiger partial charge in [0.2, 0.25) is 11.6 Å². The van der Waals surface area contributed by atoms with Gasteiger partial charge in [-0.25, -0.2) is 9.18 Å². The van der Waals surface area contributed by atoms with Crippen LogP contribution in [0.3, 0.4) is 0 Å². The predicted octanol–water partition coefficient (Wildman–Crippen LogP) is 1.34. The molecule has 0 aliphatic carbocycles. The van der Waals surface area contributed by atoms with E-state index in [2.05, 4.69) is 10.2 Å². The minimum atomic E-state index is -0.767. The lowest BCUT2D eigenvalue weighted by atomic mass is 10.3. The van der Waals surface area contributed by atoms with Crippen LogP contribution in [0, 0.1) is 5.82 Å². The topological polar surface area (TPSA) is 88.9 Å². The molecule has 7 nitrogen and oxygen atoms in total. The smallest absolute Gasteiger partial charge is 0.333 e. The normalized spacial score (nSPS) is 11.2. The van der Waals surface area contributed by atoms with Crippen molar-refractivity contribution in [2.75, 3.05) is 0 Å². The van der Waals surface area contributed by atoms with Crippen LogP contribution in [-0.2, 0) is 14.1 Å². The second-order valence-electron chi connectivity index (χ2n) is 4.05. The molecule has 2 rings (SSSR count). The second kappa shape index (κ2) is 5.08. The van der Waals surface area contributed by atoms with Gasteiger partial charge in [0.15, 0.2) is 0 Å². The van der Waals surface area contributed by atoms with Crippen molar-refractivity contribution in [1.29, 1.82) is 0 Å². The Kier molecular flexibility index (Phi) is 3.47. The molecule has 20 heavy (non-hydrogen) atoms. The summed E-state index contributed by atoms with van der Waals surface area (Å²) in [5, 5.41) is 17.1. The number of hydrogen-bond acceptors (Lipinski definition) is 5. The number of benzene rings is 1. The van der Waals surface area contributed by atoms with E-state index in [4.69, 9.17) is 0 Å². The standard InChI is InChI=1S/C12H11FN4O3/c1-16-10(18)9(11(19)17(2)12(16)20)15-14-8-5-3-7(13)4-6-8/h3-6,18H,1-2H3. The molecule has 0 aliphatic heterocycles. The van der Waals surface area contributed by atoms with E-state index in [-0.39, 0.29) is 5.69 Å². The fourth-order valence-corrected chi connectivity index (χ4v) is 1.52. The summed E-state index contributed by atoms with van der Waals surface area (Å²) in [6.45, 7) is 0. The third kappa shape index (κ3) is 2.35. The molecule has 0 fully saturated rings. The monoisotopic (exact) mass is 278 g/mol. The molecule has 104 valence electrons. The summed E-state index contributed by atoms with van der Waals surface area (Å²) in [5.74, 6) is -1.01. The van der Waals surface area contributed by atoms with Crippen LogP contribution in [0.4, 0.5) is 15.8 Å². The Balaban J connectivity index is 2.52. The summed E-state index contributed by atoms with van der Waals surface area (Å²) in [6, 6.07) is 5.10. The van der Waals surface area contributed by atoms with Crippen molar-refractivity contribution in [3.05, 3.63) is 50.9 Å². The first-order valence-electron chi connectivity index (χ1n) is 5.58. The highest BCUT2D eigenvalue weighted by atomic mass is 19.1. The lowest BCUT2D eigenvalue weighted by Crippen LogP contribution is -2.36. The zero-order chi connectivity index (χ0) is 14.9. The molecule has 1 N–H and O–H groups in total. The maximum absolute atomic E-state index is 12.7. The quantitative estimate of drug-likeness (QED) is 0.841. The summed E-state index contributed by atoms with van der Waals surface area (Å²) >= 11 is 0. The van der Waals surface area contributed by atoms with Crippen molar-refractivity contribution < 1.29 is 9.50 Å². The Morgan fingerprint density at radius 1 is 1.05 bits per heavy atom. The van der Waals surface area contributed by atoms with Crippen LogP contribution in [0.15, 0.2) is 44.1 Å². The van der Waals surface area contributed by atoms with Gasteiger partial charge in [0, 0.05) is 14.1 Å². The second-order valence-corrected chi connectivity index (χ2v) is 4.05. The Morgan fingerprint density at radius 3 is 2.25 bits per heavy atom. The Hall–Kier alpha value is -2.77. The molecule has 1 heterocycles. The molecule has 8 heteroatoms. The van der Waals surface area contributed by atoms with Gasteiger partial charge in [-0.1, -0.05) is 0 Å². The van der Waals surface area contributed by atoms with Gasteiger partial charge in [-0.15, -0.1) is 5.11 Å². The van der Waals surface area contributed by atoms with Crippen molar-refractivity contribution in [2.24, 2.45) is 24.3 Å². The molecule has 1 aromatic carbocycles. The lowest BCUT2D eigenvalue weighted by molar-refractivity contribution is 0.413. The number of nitrogens with zero attached hydrogens (tertiary/aromatic N) is 4. The van der Waals surface area contributed by atoms with Gasteiger partial charge < -0.3 is 5.11 Å². The molecule has 0 bridgehead atoms. The molecule has 0 spiro atoms. The first-order chi connectivity index (χ1) is 9.41. The van der Waals surface area contributed by atoms with Crippen LogP contribution in [0.2, 0.25) is 0 Å². The zero-order valence-corrected chi connectivity index (χ0v) is 10.7. The average molecular weight is 278 g/mol. The van der Waals surface area contributed by atoms with Crippen LogP contribution >= 0.6 is 0 Å². The van der Waals surface area contributed by atoms with Crippen LogP contribution < -0.4 is 11.2 Å². The number of aromatic nitrogens is 2. The molecule has 0 saturated heterocycles. The number of rotatable bonds is 2. The first kappa shape index (κ1) is 13.7. The van der Waals surface area contributed by atoms with Gasteiger partial charge in [0.25, 0.3) is 5.56 Å². The van der Waals surface area contributed by atoms with E-state index in [1.807, 2.05) is 0 Å². The summed E-state index contributed by atoms with van der Waals surface area (Å²) in [7, 11) is 2.56. The van der Waals surface area contributed by atoms with Crippen molar-refractivity contribution in [2.45, 2.75) is 0 Å². The molecular weight excluding hydrogens is 267 g/mol. The number of aromatic hydroxyl groups is 1. The molecule has 0 unspecified atom stereocenters. The SMILES string of the molecule is Cn1c(O)c(N=Nc2ccc(F)cc2)c(=O)n(C)c1=O. The maximum atomic E-state index is 12.7. The van der Waals surface area contributed by atoms with Crippen molar-refractivity contribution >= 4 is 11.4 Å². The van der Waals surface area contributed by atoms with E-state index in [0.29, 0.717) is 5.69 Å². The van der Waals surface area contributed by atoms with Gasteiger partial charge in [-0.3, -0.25) is 13.9 Å². The summed E-state index contributed by atoms with van der Waals surface area (Å²) < 4.78 is 14.4. The third-order valence-electron chi connectivity index (χ3n) is 2.70. The zero-order valence-electron chi connectivity index (χ0n) is 10.7. The largest absolute Gasteiger partial charge is 0.493 e. The average Bonchev–Trinajstić information content (AvgIpc) is 2.45. The van der Waals surface area contributed by atoms with E-state index < -0.39 is 22.9 Å². The molecule has 0 aliphatic rings. The molecule has 0 radical (unpaired) electrons. The first-order valence-corrected chi connectivity index (χ1v) is 5.58. The number of hydrogen-bond donors (Lipinski definition) is 1. The minimum Gasteiger partial charge on any atom is -0.493 e. The molecule has 0 saturated carbocycles. The van der Waals surface area contributed by atoms with Crippen molar-refractivity contribution in [3.63, 3.8) is 0 Å². The predicted molar refractivity (Wildman–Crippen MR) is 69.2 cm³/mol.